The predicted octanol–water partition coefficient (Wildman–Crippen LogP) is 1.97. The van der Waals surface area contributed by atoms with Crippen LogP contribution in [-0.2, 0) is 15.1 Å². The Bertz CT molecular complexity index is 809. The lowest BCUT2D eigenvalue weighted by Gasteiger charge is -2.19. The summed E-state index contributed by atoms with van der Waals surface area (Å²) in [6.45, 7) is 5.69. The molecule has 1 fully saturated rings. The number of urea groups is 1. The van der Waals surface area contributed by atoms with Gasteiger partial charge < -0.3 is 15.1 Å². The molecule has 7 nitrogen and oxygen atoms in total. The monoisotopic (exact) mass is 343 g/mol. The number of hydrogen-bond acceptors (Lipinski definition) is 4. The number of nitrogens with zero attached hydrogens (tertiary/aromatic N) is 1. The molecule has 0 bridgehead atoms. The second kappa shape index (κ2) is 6.23. The quantitative estimate of drug-likeness (QED) is 0.812. The third-order valence-corrected chi connectivity index (χ3v) is 4.20. The van der Waals surface area contributed by atoms with Crippen LogP contribution in [0.25, 0.3) is 11.0 Å². The van der Waals surface area contributed by atoms with E-state index in [1.54, 1.807) is 19.1 Å². The number of benzene rings is 1. The van der Waals surface area contributed by atoms with Crippen LogP contribution in [0.2, 0.25) is 0 Å². The molecular weight excluding hydrogens is 322 g/mol. The van der Waals surface area contributed by atoms with Crippen molar-refractivity contribution in [2.45, 2.75) is 26.3 Å². The predicted molar refractivity (Wildman–Crippen MR) is 91.7 cm³/mol. The van der Waals surface area contributed by atoms with E-state index >= 15 is 0 Å². The molecule has 1 atom stereocenters. The van der Waals surface area contributed by atoms with Gasteiger partial charge in [0.05, 0.1) is 0 Å². The zero-order chi connectivity index (χ0) is 18.2. The van der Waals surface area contributed by atoms with E-state index < -0.39 is 17.5 Å². The lowest BCUT2D eigenvalue weighted by Crippen LogP contribution is -2.43. The lowest BCUT2D eigenvalue weighted by atomic mass is 9.99. The first kappa shape index (κ1) is 17.0. The van der Waals surface area contributed by atoms with Crippen LogP contribution in [0.5, 0.6) is 0 Å². The number of hydrogen-bond donors (Lipinski definition) is 2. The molecule has 2 N–H and O–H groups in total. The number of amides is 4. The summed E-state index contributed by atoms with van der Waals surface area (Å²) >= 11 is 0. The highest BCUT2D eigenvalue weighted by molar-refractivity contribution is 6.09. The van der Waals surface area contributed by atoms with E-state index in [-0.39, 0.29) is 18.4 Å². The molecule has 7 heteroatoms. The number of carbonyl (C=O) groups excluding carboxylic acids is 3. The molecule has 1 saturated heterocycles. The van der Waals surface area contributed by atoms with Crippen molar-refractivity contribution in [1.29, 1.82) is 0 Å². The number of para-hydroxylation sites is 1. The molecule has 0 radical (unpaired) electrons. The Morgan fingerprint density at radius 2 is 2.04 bits per heavy atom. The van der Waals surface area contributed by atoms with Crippen LogP contribution in [0.1, 0.15) is 26.5 Å². The van der Waals surface area contributed by atoms with Gasteiger partial charge in [-0.05, 0) is 25.0 Å². The van der Waals surface area contributed by atoms with Crippen molar-refractivity contribution in [3.05, 3.63) is 36.1 Å². The van der Waals surface area contributed by atoms with Gasteiger partial charge in [-0.25, -0.2) is 4.79 Å². The second-order valence-corrected chi connectivity index (χ2v) is 6.79. The van der Waals surface area contributed by atoms with Gasteiger partial charge in [0, 0.05) is 11.9 Å². The van der Waals surface area contributed by atoms with Crippen molar-refractivity contribution in [2.75, 3.05) is 13.1 Å². The fourth-order valence-electron chi connectivity index (χ4n) is 2.75. The lowest BCUT2D eigenvalue weighted by molar-refractivity contribution is -0.135. The topological polar surface area (TPSA) is 91.7 Å². The number of rotatable bonds is 5. The van der Waals surface area contributed by atoms with Gasteiger partial charge in [-0.2, -0.15) is 0 Å². The van der Waals surface area contributed by atoms with E-state index in [1.165, 1.54) is 0 Å². The minimum atomic E-state index is -1.32. The van der Waals surface area contributed by atoms with Crippen LogP contribution >= 0.6 is 0 Å². The number of imide groups is 1. The molecule has 0 spiro atoms. The fraction of sp³-hybridized carbons (Fsp3) is 0.389. The summed E-state index contributed by atoms with van der Waals surface area (Å²) in [5.41, 5.74) is -0.692. The van der Waals surface area contributed by atoms with E-state index in [9.17, 15) is 14.4 Å². The Kier molecular flexibility index (Phi) is 4.24. The summed E-state index contributed by atoms with van der Waals surface area (Å²) in [7, 11) is 0. The number of fused-ring (bicyclic) bond motifs is 1. The zero-order valence-corrected chi connectivity index (χ0v) is 14.5. The fourth-order valence-corrected chi connectivity index (χ4v) is 2.75. The smallest absolute Gasteiger partial charge is 0.325 e. The van der Waals surface area contributed by atoms with Crippen LogP contribution in [0.15, 0.2) is 34.7 Å². The maximum Gasteiger partial charge on any atom is 0.325 e. The highest BCUT2D eigenvalue weighted by Gasteiger charge is 2.51. The van der Waals surface area contributed by atoms with Gasteiger partial charge in [-0.15, -0.1) is 0 Å². The maximum atomic E-state index is 12.8. The molecule has 4 amide bonds. The zero-order valence-electron chi connectivity index (χ0n) is 14.5. The summed E-state index contributed by atoms with van der Waals surface area (Å²) in [6, 6.07) is 8.48. The van der Waals surface area contributed by atoms with Gasteiger partial charge in [0.2, 0.25) is 5.91 Å². The molecule has 2 aromatic rings. The molecule has 132 valence electrons. The first-order valence-electron chi connectivity index (χ1n) is 8.21. The number of furan rings is 1. The summed E-state index contributed by atoms with van der Waals surface area (Å²) in [5.74, 6) is -0.243. The minimum Gasteiger partial charge on any atom is -0.458 e. The Hall–Kier alpha value is -2.83. The van der Waals surface area contributed by atoms with E-state index in [0.29, 0.717) is 17.9 Å². The van der Waals surface area contributed by atoms with Crippen LogP contribution in [0.4, 0.5) is 4.79 Å². The van der Waals surface area contributed by atoms with Crippen molar-refractivity contribution in [3.63, 3.8) is 0 Å². The van der Waals surface area contributed by atoms with Gasteiger partial charge >= 0.3 is 6.03 Å². The molecular formula is C18H21N3O4. The molecule has 1 aromatic carbocycles. The first-order valence-corrected chi connectivity index (χ1v) is 8.21. The second-order valence-electron chi connectivity index (χ2n) is 6.79. The van der Waals surface area contributed by atoms with Gasteiger partial charge in [-0.1, -0.05) is 32.0 Å². The Labute approximate surface area is 145 Å². The molecule has 1 aromatic heterocycles. The van der Waals surface area contributed by atoms with Crippen molar-refractivity contribution in [2.24, 2.45) is 5.92 Å². The number of carbonyl (C=O) groups is 3. The molecule has 2 heterocycles. The largest absolute Gasteiger partial charge is 0.458 e. The highest BCUT2D eigenvalue weighted by Crippen LogP contribution is 2.32. The van der Waals surface area contributed by atoms with Crippen LogP contribution in [-0.4, -0.2) is 35.8 Å². The molecule has 1 aliphatic rings. The van der Waals surface area contributed by atoms with Crippen LogP contribution < -0.4 is 10.6 Å². The molecule has 0 saturated carbocycles. The Morgan fingerprint density at radius 1 is 1.32 bits per heavy atom. The SMILES string of the molecule is CC(C)CNC(=O)CN1C(=O)N[C@](C)(c2cc3ccccc3o2)C1=O. The molecule has 1 aliphatic heterocycles. The van der Waals surface area contributed by atoms with Crippen LogP contribution in [0.3, 0.4) is 0 Å². The highest BCUT2D eigenvalue weighted by atomic mass is 16.3. The van der Waals surface area contributed by atoms with E-state index in [4.69, 9.17) is 4.42 Å². The van der Waals surface area contributed by atoms with E-state index in [2.05, 4.69) is 10.6 Å². The average Bonchev–Trinajstić information content (AvgIpc) is 3.09. The van der Waals surface area contributed by atoms with Crippen molar-refractivity contribution >= 4 is 28.8 Å². The van der Waals surface area contributed by atoms with Gasteiger partial charge in [0.15, 0.2) is 5.54 Å². The standard InChI is InChI=1S/C18H21N3O4/c1-11(2)9-19-15(22)10-21-16(23)18(3,20-17(21)24)14-8-12-6-4-5-7-13(12)25-14/h4-8,11H,9-10H2,1-3H3,(H,19,22)(H,20,24)/t18-/m1/s1. The summed E-state index contributed by atoms with van der Waals surface area (Å²) in [4.78, 5) is 37.9. The average molecular weight is 343 g/mol. The minimum absolute atomic E-state index is 0.285. The number of nitrogens with one attached hydrogen (secondary N) is 2. The molecule has 3 rings (SSSR count). The van der Waals surface area contributed by atoms with E-state index in [0.717, 1.165) is 10.3 Å². The Morgan fingerprint density at radius 3 is 2.72 bits per heavy atom. The maximum absolute atomic E-state index is 12.8. The van der Waals surface area contributed by atoms with Crippen molar-refractivity contribution < 1.29 is 18.8 Å². The molecule has 25 heavy (non-hydrogen) atoms. The third kappa shape index (κ3) is 3.09. The third-order valence-electron chi connectivity index (χ3n) is 4.20. The van der Waals surface area contributed by atoms with Crippen molar-refractivity contribution in [3.8, 4) is 0 Å². The molecule has 0 unspecified atom stereocenters. The van der Waals surface area contributed by atoms with Gasteiger partial charge in [-0.3, -0.25) is 14.5 Å². The van der Waals surface area contributed by atoms with Gasteiger partial charge in [0.25, 0.3) is 5.91 Å². The van der Waals surface area contributed by atoms with E-state index in [1.807, 2.05) is 32.0 Å². The summed E-state index contributed by atoms with van der Waals surface area (Å²) in [6.07, 6.45) is 0. The molecule has 0 aliphatic carbocycles. The van der Waals surface area contributed by atoms with Gasteiger partial charge in [0.1, 0.15) is 17.9 Å². The summed E-state index contributed by atoms with van der Waals surface area (Å²) in [5, 5.41) is 6.19. The normalized spacial score (nSPS) is 20.4. The van der Waals surface area contributed by atoms with Crippen LogP contribution in [0, 0.1) is 5.92 Å². The van der Waals surface area contributed by atoms with Crippen molar-refractivity contribution in [1.82, 2.24) is 15.5 Å². The Balaban J connectivity index is 1.81. The first-order chi connectivity index (χ1) is 11.8. The summed E-state index contributed by atoms with van der Waals surface area (Å²) < 4.78 is 5.74.